The van der Waals surface area contributed by atoms with Crippen molar-refractivity contribution in [3.8, 4) is 5.75 Å². The van der Waals surface area contributed by atoms with Crippen molar-refractivity contribution in [1.29, 1.82) is 0 Å². The van der Waals surface area contributed by atoms with Gasteiger partial charge in [0.1, 0.15) is 24.3 Å². The van der Waals surface area contributed by atoms with Gasteiger partial charge >= 0.3 is 0 Å². The van der Waals surface area contributed by atoms with E-state index in [-0.39, 0.29) is 12.4 Å². The molecule has 3 N–H and O–H groups in total. The van der Waals surface area contributed by atoms with Gasteiger partial charge in [-0.25, -0.2) is 4.39 Å². The molecule has 1 aliphatic rings. The van der Waals surface area contributed by atoms with Crippen LogP contribution in [0.4, 0.5) is 4.39 Å². The molecule has 0 fully saturated rings. The molecule has 0 radical (unpaired) electrons. The van der Waals surface area contributed by atoms with Crippen LogP contribution in [0.5, 0.6) is 5.75 Å². The Labute approximate surface area is 74.9 Å². The standard InChI is InChI=1S/C9H10FNO2/c10-5-1-2-8-6(3-5)9(11)7(12)4-13-8/h1-3,7,9,12H,4,11H2/t7-,9+/m0/s1. The van der Waals surface area contributed by atoms with Crippen LogP contribution in [0, 0.1) is 5.82 Å². The van der Waals surface area contributed by atoms with Crippen molar-refractivity contribution in [1.82, 2.24) is 0 Å². The zero-order valence-electron chi connectivity index (χ0n) is 6.90. The number of hydrogen-bond acceptors (Lipinski definition) is 3. The van der Waals surface area contributed by atoms with Crippen LogP contribution in [-0.2, 0) is 0 Å². The molecule has 13 heavy (non-hydrogen) atoms. The Bertz CT molecular complexity index is 329. The second kappa shape index (κ2) is 2.97. The van der Waals surface area contributed by atoms with Crippen LogP contribution >= 0.6 is 0 Å². The maximum atomic E-state index is 12.8. The van der Waals surface area contributed by atoms with Crippen molar-refractivity contribution >= 4 is 0 Å². The zero-order chi connectivity index (χ0) is 9.42. The highest BCUT2D eigenvalue weighted by atomic mass is 19.1. The van der Waals surface area contributed by atoms with Gasteiger partial charge in [0.25, 0.3) is 0 Å². The lowest BCUT2D eigenvalue weighted by Crippen LogP contribution is -2.35. The van der Waals surface area contributed by atoms with E-state index in [2.05, 4.69) is 0 Å². The third-order valence-electron chi connectivity index (χ3n) is 2.16. The maximum absolute atomic E-state index is 12.8. The molecule has 0 aliphatic carbocycles. The van der Waals surface area contributed by atoms with Crippen LogP contribution < -0.4 is 10.5 Å². The van der Waals surface area contributed by atoms with E-state index < -0.39 is 12.1 Å². The summed E-state index contributed by atoms with van der Waals surface area (Å²) in [6, 6.07) is 3.57. The molecule has 0 amide bonds. The van der Waals surface area contributed by atoms with Gasteiger partial charge in [0.15, 0.2) is 0 Å². The summed E-state index contributed by atoms with van der Waals surface area (Å²) in [5.41, 5.74) is 6.19. The van der Waals surface area contributed by atoms with Gasteiger partial charge in [-0.05, 0) is 18.2 Å². The molecule has 1 heterocycles. The maximum Gasteiger partial charge on any atom is 0.124 e. The predicted molar refractivity (Wildman–Crippen MR) is 44.8 cm³/mol. The second-order valence-corrected chi connectivity index (χ2v) is 3.09. The molecule has 0 saturated carbocycles. The SMILES string of the molecule is N[C@@H]1c2cc(F)ccc2OC[C@@H]1O. The third kappa shape index (κ3) is 1.38. The fourth-order valence-corrected chi connectivity index (χ4v) is 1.40. The summed E-state index contributed by atoms with van der Waals surface area (Å²) >= 11 is 0. The van der Waals surface area contributed by atoms with Crippen LogP contribution in [0.25, 0.3) is 0 Å². The van der Waals surface area contributed by atoms with Crippen LogP contribution in [0.15, 0.2) is 18.2 Å². The van der Waals surface area contributed by atoms with E-state index in [1.165, 1.54) is 18.2 Å². The Kier molecular flexibility index (Phi) is 1.94. The van der Waals surface area contributed by atoms with Gasteiger partial charge in [0.05, 0.1) is 6.04 Å². The fraction of sp³-hybridized carbons (Fsp3) is 0.333. The summed E-state index contributed by atoms with van der Waals surface area (Å²) in [6.45, 7) is 0.166. The summed E-state index contributed by atoms with van der Waals surface area (Å²) in [6.07, 6.45) is -0.755. The lowest BCUT2D eigenvalue weighted by atomic mass is 9.99. The van der Waals surface area contributed by atoms with E-state index in [4.69, 9.17) is 10.5 Å². The van der Waals surface area contributed by atoms with Gasteiger partial charge in [-0.2, -0.15) is 0 Å². The number of halogens is 1. The number of benzene rings is 1. The van der Waals surface area contributed by atoms with Crippen molar-refractivity contribution in [3.05, 3.63) is 29.6 Å². The van der Waals surface area contributed by atoms with E-state index >= 15 is 0 Å². The minimum Gasteiger partial charge on any atom is -0.490 e. The molecule has 1 aliphatic heterocycles. The Balaban J connectivity index is 2.45. The van der Waals surface area contributed by atoms with Gasteiger partial charge in [0.2, 0.25) is 0 Å². The quantitative estimate of drug-likeness (QED) is 0.618. The molecule has 0 bridgehead atoms. The zero-order valence-corrected chi connectivity index (χ0v) is 6.90. The first-order valence-corrected chi connectivity index (χ1v) is 4.04. The second-order valence-electron chi connectivity index (χ2n) is 3.09. The Morgan fingerprint density at radius 1 is 1.54 bits per heavy atom. The van der Waals surface area contributed by atoms with Crippen LogP contribution in [0.1, 0.15) is 11.6 Å². The fourth-order valence-electron chi connectivity index (χ4n) is 1.40. The van der Waals surface area contributed by atoms with E-state index in [0.29, 0.717) is 11.3 Å². The minimum atomic E-state index is -0.755. The average molecular weight is 183 g/mol. The van der Waals surface area contributed by atoms with Gasteiger partial charge < -0.3 is 15.6 Å². The van der Waals surface area contributed by atoms with Crippen molar-refractivity contribution in [2.24, 2.45) is 5.73 Å². The molecule has 0 aromatic heterocycles. The van der Waals surface area contributed by atoms with E-state index in [0.717, 1.165) is 0 Å². The highest BCUT2D eigenvalue weighted by molar-refractivity contribution is 5.38. The predicted octanol–water partition coefficient (Wildman–Crippen LogP) is 0.579. The number of aliphatic hydroxyl groups is 1. The monoisotopic (exact) mass is 183 g/mol. The molecule has 0 unspecified atom stereocenters. The molecule has 2 rings (SSSR count). The van der Waals surface area contributed by atoms with Crippen molar-refractivity contribution in [2.75, 3.05) is 6.61 Å². The van der Waals surface area contributed by atoms with Gasteiger partial charge in [-0.15, -0.1) is 0 Å². The number of nitrogens with two attached hydrogens (primary N) is 1. The topological polar surface area (TPSA) is 55.5 Å². The van der Waals surface area contributed by atoms with Crippen molar-refractivity contribution in [2.45, 2.75) is 12.1 Å². The van der Waals surface area contributed by atoms with Gasteiger partial charge in [0, 0.05) is 5.56 Å². The van der Waals surface area contributed by atoms with Crippen molar-refractivity contribution < 1.29 is 14.2 Å². The van der Waals surface area contributed by atoms with Gasteiger partial charge in [-0.1, -0.05) is 0 Å². The highest BCUT2D eigenvalue weighted by Crippen LogP contribution is 2.30. The number of ether oxygens (including phenoxy) is 1. The highest BCUT2D eigenvalue weighted by Gasteiger charge is 2.26. The van der Waals surface area contributed by atoms with Crippen LogP contribution in [0.3, 0.4) is 0 Å². The molecular formula is C9H10FNO2. The van der Waals surface area contributed by atoms with Crippen molar-refractivity contribution in [3.63, 3.8) is 0 Å². The Hall–Kier alpha value is -1.13. The Morgan fingerprint density at radius 3 is 3.08 bits per heavy atom. The number of fused-ring (bicyclic) bond motifs is 1. The normalized spacial score (nSPS) is 26.4. The third-order valence-corrected chi connectivity index (χ3v) is 2.16. The van der Waals surface area contributed by atoms with Crippen LogP contribution in [-0.4, -0.2) is 17.8 Å². The average Bonchev–Trinajstić information content (AvgIpc) is 2.12. The van der Waals surface area contributed by atoms with E-state index in [1.54, 1.807) is 0 Å². The lowest BCUT2D eigenvalue weighted by molar-refractivity contribution is 0.0676. The molecular weight excluding hydrogens is 173 g/mol. The molecule has 1 aromatic carbocycles. The first-order chi connectivity index (χ1) is 6.18. The molecule has 0 spiro atoms. The van der Waals surface area contributed by atoms with E-state index in [1.807, 2.05) is 0 Å². The molecule has 3 nitrogen and oxygen atoms in total. The number of aliphatic hydroxyl groups excluding tert-OH is 1. The summed E-state index contributed by atoms with van der Waals surface area (Å²) < 4.78 is 18.0. The molecule has 1 aromatic rings. The summed E-state index contributed by atoms with van der Waals surface area (Å²) in [5.74, 6) is 0.186. The smallest absolute Gasteiger partial charge is 0.124 e. The first-order valence-electron chi connectivity index (χ1n) is 4.04. The summed E-state index contributed by atoms with van der Waals surface area (Å²) in [7, 11) is 0. The summed E-state index contributed by atoms with van der Waals surface area (Å²) in [4.78, 5) is 0. The molecule has 70 valence electrons. The molecule has 4 heteroatoms. The molecule has 2 atom stereocenters. The number of rotatable bonds is 0. The minimum absolute atomic E-state index is 0.166. The van der Waals surface area contributed by atoms with Gasteiger partial charge in [-0.3, -0.25) is 0 Å². The van der Waals surface area contributed by atoms with Crippen LogP contribution in [0.2, 0.25) is 0 Å². The summed E-state index contributed by atoms with van der Waals surface area (Å²) in [5, 5.41) is 9.34. The number of hydrogen-bond donors (Lipinski definition) is 2. The van der Waals surface area contributed by atoms with E-state index in [9.17, 15) is 9.50 Å². The molecule has 0 saturated heterocycles. The first kappa shape index (κ1) is 8.47. The largest absolute Gasteiger partial charge is 0.490 e. The lowest BCUT2D eigenvalue weighted by Gasteiger charge is -2.27. The Morgan fingerprint density at radius 2 is 2.31 bits per heavy atom.